The number of benzene rings is 2. The molecule has 6 heteroatoms. The quantitative estimate of drug-likeness (QED) is 0.658. The van der Waals surface area contributed by atoms with Gasteiger partial charge in [-0.05, 0) is 0 Å². The van der Waals surface area contributed by atoms with Gasteiger partial charge in [-0.1, -0.05) is 48.5 Å². The van der Waals surface area contributed by atoms with Crippen molar-refractivity contribution in [2.24, 2.45) is 10.2 Å². The molecule has 2 aromatic carbocycles. The zero-order valence-corrected chi connectivity index (χ0v) is 13.4. The number of Topliss-reactive ketones (excluding diaryl/α,β-unsaturated/α-hetero) is 2. The summed E-state index contributed by atoms with van der Waals surface area (Å²) in [7, 11) is 0. The number of carbonyl (C=O) groups excluding carboxylic acids is 2. The summed E-state index contributed by atoms with van der Waals surface area (Å²) in [5.41, 5.74) is 1.76. The van der Waals surface area contributed by atoms with Crippen LogP contribution in [0.15, 0.2) is 69.9 Å². The molecule has 0 saturated carbocycles. The lowest BCUT2D eigenvalue weighted by atomic mass is 10.1. The topological polar surface area (TPSA) is 99.3 Å². The fraction of sp³-hybridized carbons (Fsp3) is 0. The Labute approximate surface area is 148 Å². The number of hydrogen-bond acceptors (Lipinski definition) is 6. The van der Waals surface area contributed by atoms with Crippen molar-refractivity contribution in [2.75, 3.05) is 0 Å². The summed E-state index contributed by atoms with van der Waals surface area (Å²) in [6.45, 7) is 0. The summed E-state index contributed by atoms with van der Waals surface area (Å²) < 4.78 is 0. The number of rotatable bonds is 3. The fourth-order valence-corrected chi connectivity index (χ4v) is 2.99. The maximum atomic E-state index is 12.2. The third-order valence-corrected chi connectivity index (χ3v) is 4.29. The average Bonchev–Trinajstić information content (AvgIpc) is 3.06. The Hall–Kier alpha value is -3.80. The Morgan fingerprint density at radius 2 is 0.962 bits per heavy atom. The molecule has 26 heavy (non-hydrogen) atoms. The Morgan fingerprint density at radius 3 is 1.31 bits per heavy atom. The van der Waals surface area contributed by atoms with E-state index in [-0.39, 0.29) is 34.2 Å². The molecule has 0 saturated heterocycles. The Bertz CT molecular complexity index is 1000. The monoisotopic (exact) mass is 344 g/mol. The lowest BCUT2D eigenvalue weighted by molar-refractivity contribution is 0.103. The molecule has 0 unspecified atom stereocenters. The van der Waals surface area contributed by atoms with E-state index in [4.69, 9.17) is 0 Å². The van der Waals surface area contributed by atoms with Crippen LogP contribution in [0.5, 0.6) is 0 Å². The van der Waals surface area contributed by atoms with Crippen LogP contribution in [-0.4, -0.2) is 34.2 Å². The van der Waals surface area contributed by atoms with Crippen LogP contribution in [0.1, 0.15) is 31.8 Å². The van der Waals surface area contributed by atoms with Gasteiger partial charge in [-0.3, -0.25) is 9.59 Å². The van der Waals surface area contributed by atoms with Gasteiger partial charge in [0.25, 0.3) is 0 Å². The van der Waals surface area contributed by atoms with E-state index < -0.39 is 0 Å². The van der Waals surface area contributed by atoms with Crippen molar-refractivity contribution >= 4 is 35.5 Å². The standard InChI is InChI=1S/C20H12N2O4/c23-17-11-5-1-2-6-12(11)18(24)15(17)9-21-22-10-16-19(25)13-7-3-4-8-14(13)20(16)26/h1-10,23,25H/b21-9+,22-10+. The van der Waals surface area contributed by atoms with Crippen LogP contribution in [-0.2, 0) is 0 Å². The van der Waals surface area contributed by atoms with Crippen LogP contribution in [0.25, 0.3) is 11.5 Å². The third-order valence-electron chi connectivity index (χ3n) is 4.29. The van der Waals surface area contributed by atoms with Crippen LogP contribution < -0.4 is 0 Å². The summed E-state index contributed by atoms with van der Waals surface area (Å²) in [6, 6.07) is 13.4. The van der Waals surface area contributed by atoms with E-state index in [0.717, 1.165) is 12.4 Å². The van der Waals surface area contributed by atoms with Crippen molar-refractivity contribution < 1.29 is 19.8 Å². The van der Waals surface area contributed by atoms with E-state index in [9.17, 15) is 19.8 Å². The highest BCUT2D eigenvalue weighted by Gasteiger charge is 2.29. The van der Waals surface area contributed by atoms with Crippen molar-refractivity contribution in [3.8, 4) is 0 Å². The molecule has 4 rings (SSSR count). The molecule has 0 fully saturated rings. The Kier molecular flexibility index (Phi) is 3.58. The minimum Gasteiger partial charge on any atom is -0.506 e. The van der Waals surface area contributed by atoms with Crippen molar-refractivity contribution in [3.05, 3.63) is 81.9 Å². The first-order valence-corrected chi connectivity index (χ1v) is 7.80. The highest BCUT2D eigenvalue weighted by atomic mass is 16.3. The molecule has 6 nitrogen and oxygen atoms in total. The number of ketones is 2. The molecule has 0 spiro atoms. The maximum Gasteiger partial charge on any atom is 0.199 e. The van der Waals surface area contributed by atoms with Crippen LogP contribution in [0.3, 0.4) is 0 Å². The van der Waals surface area contributed by atoms with Gasteiger partial charge in [0.05, 0.1) is 23.6 Å². The minimum absolute atomic E-state index is 0.0302. The molecule has 0 atom stereocenters. The van der Waals surface area contributed by atoms with Gasteiger partial charge in [-0.2, -0.15) is 10.2 Å². The molecular formula is C20H12N2O4. The van der Waals surface area contributed by atoms with Gasteiger partial charge >= 0.3 is 0 Å². The predicted molar refractivity (Wildman–Crippen MR) is 97.6 cm³/mol. The number of allylic oxidation sites excluding steroid dienone is 2. The van der Waals surface area contributed by atoms with E-state index in [1.165, 1.54) is 0 Å². The number of aliphatic hydroxyl groups is 2. The molecule has 2 aliphatic carbocycles. The predicted octanol–water partition coefficient (Wildman–Crippen LogP) is 3.37. The first-order valence-electron chi connectivity index (χ1n) is 7.80. The first kappa shape index (κ1) is 15.7. The largest absolute Gasteiger partial charge is 0.506 e. The van der Waals surface area contributed by atoms with E-state index >= 15 is 0 Å². The van der Waals surface area contributed by atoms with E-state index in [0.29, 0.717) is 22.3 Å². The molecular weight excluding hydrogens is 332 g/mol. The zero-order chi connectivity index (χ0) is 18.3. The van der Waals surface area contributed by atoms with Crippen molar-refractivity contribution in [1.29, 1.82) is 0 Å². The molecule has 0 aliphatic heterocycles. The van der Waals surface area contributed by atoms with Crippen molar-refractivity contribution in [2.45, 2.75) is 0 Å². The molecule has 126 valence electrons. The second-order valence-electron chi connectivity index (χ2n) is 5.76. The lowest BCUT2D eigenvalue weighted by Gasteiger charge is -1.95. The Morgan fingerprint density at radius 1 is 0.615 bits per heavy atom. The number of aliphatic hydroxyl groups excluding tert-OH is 2. The summed E-state index contributed by atoms with van der Waals surface area (Å²) in [6.07, 6.45) is 2.27. The molecule has 0 amide bonds. The number of nitrogens with zero attached hydrogens (tertiary/aromatic N) is 2. The van der Waals surface area contributed by atoms with Gasteiger partial charge in [-0.15, -0.1) is 0 Å². The molecule has 0 radical (unpaired) electrons. The summed E-state index contributed by atoms with van der Waals surface area (Å²) in [5, 5.41) is 27.8. The summed E-state index contributed by atoms with van der Waals surface area (Å²) >= 11 is 0. The summed E-state index contributed by atoms with van der Waals surface area (Å²) in [5.74, 6) is -1.00. The molecule has 2 aliphatic rings. The Balaban J connectivity index is 1.58. The zero-order valence-electron chi connectivity index (χ0n) is 13.4. The number of carbonyl (C=O) groups is 2. The molecule has 0 heterocycles. The van der Waals surface area contributed by atoms with E-state index in [1.54, 1.807) is 48.5 Å². The number of fused-ring (bicyclic) bond motifs is 2. The summed E-state index contributed by atoms with van der Waals surface area (Å²) in [4.78, 5) is 24.5. The normalized spacial score (nSPS) is 16.3. The van der Waals surface area contributed by atoms with Gasteiger partial charge in [0.2, 0.25) is 0 Å². The third kappa shape index (κ3) is 2.28. The second-order valence-corrected chi connectivity index (χ2v) is 5.76. The molecule has 0 aromatic heterocycles. The molecule has 2 aromatic rings. The highest BCUT2D eigenvalue weighted by molar-refractivity contribution is 6.31. The van der Waals surface area contributed by atoms with Gasteiger partial charge in [-0.25, -0.2) is 0 Å². The van der Waals surface area contributed by atoms with Crippen LogP contribution >= 0.6 is 0 Å². The van der Waals surface area contributed by atoms with Gasteiger partial charge < -0.3 is 10.2 Å². The smallest absolute Gasteiger partial charge is 0.199 e. The molecule has 0 bridgehead atoms. The molecule has 2 N–H and O–H groups in total. The van der Waals surface area contributed by atoms with Gasteiger partial charge in [0.1, 0.15) is 11.5 Å². The van der Waals surface area contributed by atoms with Crippen LogP contribution in [0.2, 0.25) is 0 Å². The van der Waals surface area contributed by atoms with Crippen molar-refractivity contribution in [3.63, 3.8) is 0 Å². The van der Waals surface area contributed by atoms with E-state index in [2.05, 4.69) is 10.2 Å². The van der Waals surface area contributed by atoms with Crippen LogP contribution in [0, 0.1) is 0 Å². The minimum atomic E-state index is -0.344. The maximum absolute atomic E-state index is 12.2. The highest BCUT2D eigenvalue weighted by Crippen LogP contribution is 2.31. The lowest BCUT2D eigenvalue weighted by Crippen LogP contribution is -2.00. The average molecular weight is 344 g/mol. The second kappa shape index (κ2) is 5.93. The van der Waals surface area contributed by atoms with Gasteiger partial charge in [0.15, 0.2) is 11.6 Å². The fourth-order valence-electron chi connectivity index (χ4n) is 2.99. The van der Waals surface area contributed by atoms with Crippen LogP contribution in [0.4, 0.5) is 0 Å². The number of hydrogen-bond donors (Lipinski definition) is 2. The van der Waals surface area contributed by atoms with E-state index in [1.807, 2.05) is 0 Å². The SMILES string of the molecule is O=C1C(/C=N/N=C/C2=C(O)c3ccccc3C2=O)=C(O)c2ccccc21. The first-order chi connectivity index (χ1) is 12.6. The van der Waals surface area contributed by atoms with Gasteiger partial charge in [0, 0.05) is 22.3 Å². The van der Waals surface area contributed by atoms with Crippen molar-refractivity contribution in [1.82, 2.24) is 0 Å².